The number of nitrogens with zero attached hydrogens (tertiary/aromatic N) is 2. The summed E-state index contributed by atoms with van der Waals surface area (Å²) in [6.45, 7) is 0. The van der Waals surface area contributed by atoms with Gasteiger partial charge < -0.3 is 12.4 Å². The Labute approximate surface area is 66.6 Å². The van der Waals surface area contributed by atoms with Gasteiger partial charge in [0.25, 0.3) is 0 Å². The molecule has 0 fully saturated rings. The van der Waals surface area contributed by atoms with E-state index in [9.17, 15) is 0 Å². The quantitative estimate of drug-likeness (QED) is 0.404. The van der Waals surface area contributed by atoms with E-state index < -0.39 is 0 Å². The molecule has 6 heteroatoms. The Bertz CT molecular complexity index is 102. The minimum atomic E-state index is 0. The minimum Gasteiger partial charge on any atom is -1.00 e. The zero-order valence-corrected chi connectivity index (χ0v) is 6.85. The van der Waals surface area contributed by atoms with Crippen molar-refractivity contribution in [2.75, 3.05) is 0 Å². The molecule has 46 valence electrons. The van der Waals surface area contributed by atoms with E-state index >= 15 is 0 Å². The van der Waals surface area contributed by atoms with Crippen molar-refractivity contribution in [3.05, 3.63) is 0 Å². The Morgan fingerprint density at radius 3 is 1.75 bits per heavy atom. The summed E-state index contributed by atoms with van der Waals surface area (Å²) in [7, 11) is 2.09. The van der Waals surface area contributed by atoms with E-state index in [4.69, 9.17) is 10.5 Å². The second-order valence-corrected chi connectivity index (χ2v) is 4.29. The van der Waals surface area contributed by atoms with Gasteiger partial charge in [0.05, 0.1) is 0 Å². The van der Waals surface area contributed by atoms with Gasteiger partial charge in [0.1, 0.15) is 0 Å². The van der Waals surface area contributed by atoms with Crippen molar-refractivity contribution >= 4 is 20.5 Å². The summed E-state index contributed by atoms with van der Waals surface area (Å²) in [5.74, 6) is 0. The summed E-state index contributed by atoms with van der Waals surface area (Å²) in [4.78, 5) is 0. The van der Waals surface area contributed by atoms with Gasteiger partial charge in [-0.15, -0.1) is 0 Å². The van der Waals surface area contributed by atoms with E-state index in [2.05, 4.69) is 0 Å². The van der Waals surface area contributed by atoms with Crippen LogP contribution in [0.15, 0.2) is 0 Å². The van der Waals surface area contributed by atoms with Crippen LogP contribution < -0.4 is 12.4 Å². The molecule has 0 aromatic rings. The normalized spacial score (nSPS) is 6.25. The zero-order valence-electron chi connectivity index (χ0n) is 3.42. The van der Waals surface area contributed by atoms with E-state index in [-0.39, 0.29) is 12.4 Å². The van der Waals surface area contributed by atoms with Crippen LogP contribution in [-0.4, -0.2) is 0 Å². The summed E-state index contributed by atoms with van der Waals surface area (Å²) in [6, 6.07) is 0. The Kier molecular flexibility index (Phi) is 14.8. The first-order chi connectivity index (χ1) is 3.41. The van der Waals surface area contributed by atoms with Crippen molar-refractivity contribution in [1.29, 1.82) is 10.5 Å². The average molecular weight is 211 g/mol. The molecule has 0 amide bonds. The number of hydrogen-bond donors (Lipinski definition) is 0. The van der Waals surface area contributed by atoms with Crippen LogP contribution in [0, 0.1) is 21.3 Å². The van der Waals surface area contributed by atoms with Gasteiger partial charge in [-0.3, -0.25) is 0 Å². The minimum absolute atomic E-state index is 0. The molecule has 0 aliphatic carbocycles. The van der Waals surface area contributed by atoms with Crippen LogP contribution in [0.25, 0.3) is 0 Å². The number of hydrogen-bond acceptors (Lipinski definition) is 4. The van der Waals surface area contributed by atoms with Crippen LogP contribution in [-0.2, 0) is 12.5 Å². The van der Waals surface area contributed by atoms with E-state index in [1.807, 2.05) is 10.8 Å². The molecule has 0 unspecified atom stereocenters. The fourth-order valence-electron chi connectivity index (χ4n) is 0.0387. The largest absolute Gasteiger partial charge is 1.00 e. The van der Waals surface area contributed by atoms with Crippen molar-refractivity contribution in [1.82, 2.24) is 0 Å². The molecule has 0 heterocycles. The Hall–Kier alpha value is 0.476. The molecular weight excluding hydrogens is 211 g/mol. The van der Waals surface area contributed by atoms with E-state index in [1.165, 1.54) is 0 Å². The first kappa shape index (κ1) is 11.3. The van der Waals surface area contributed by atoms with Crippen LogP contribution in [0.3, 0.4) is 0 Å². The molecule has 0 aliphatic rings. The zero-order chi connectivity index (χ0) is 5.54. The van der Waals surface area contributed by atoms with Crippen LogP contribution in [0.2, 0.25) is 0 Å². The summed E-state index contributed by atoms with van der Waals surface area (Å²) in [6.07, 6.45) is 0. The van der Waals surface area contributed by atoms with Crippen molar-refractivity contribution in [2.24, 2.45) is 0 Å². The van der Waals surface area contributed by atoms with Crippen molar-refractivity contribution in [2.45, 2.75) is 0 Å². The second kappa shape index (κ2) is 10.5. The summed E-state index contributed by atoms with van der Waals surface area (Å²) in [5.41, 5.74) is 0. The molecule has 0 saturated heterocycles. The molecule has 2 nitrogen and oxygen atoms in total. The van der Waals surface area contributed by atoms with Crippen LogP contribution in [0.1, 0.15) is 0 Å². The predicted molar refractivity (Wildman–Crippen MR) is 26.4 cm³/mol. The van der Waals surface area contributed by atoms with Gasteiger partial charge >= 0.3 is 54.3 Å². The van der Waals surface area contributed by atoms with Crippen LogP contribution in [0.5, 0.6) is 0 Å². The Balaban J connectivity index is 0. The maximum absolute atomic E-state index is 7.88. The molecule has 0 radical (unpaired) electrons. The third-order valence-corrected chi connectivity index (χ3v) is 2.81. The smallest absolute Gasteiger partial charge is 1.00 e. The summed E-state index contributed by atoms with van der Waals surface area (Å²) < 4.78 is 0. The third kappa shape index (κ3) is 9.69. The molecule has 0 rings (SSSR count). The standard InChI is InChI=1S/2CHNS.ClH.Co/c2*2-1-3;;/h2*3H;1H;/q;;;+3/p-3. The van der Waals surface area contributed by atoms with Gasteiger partial charge in [0.15, 0.2) is 0 Å². The molecule has 0 aromatic heterocycles. The second-order valence-electron chi connectivity index (χ2n) is 0.374. The first-order valence-electron chi connectivity index (χ1n) is 1.13. The number of thiocyanates is 2. The van der Waals surface area contributed by atoms with Gasteiger partial charge in [-0.05, 0) is 0 Å². The topological polar surface area (TPSA) is 47.6 Å². The molecule has 0 aliphatic heterocycles. The first-order valence-corrected chi connectivity index (χ1v) is 5.04. The van der Waals surface area contributed by atoms with E-state index in [0.29, 0.717) is 0 Å². The monoisotopic (exact) mass is 210 g/mol. The van der Waals surface area contributed by atoms with E-state index in [0.717, 1.165) is 32.9 Å². The van der Waals surface area contributed by atoms with E-state index in [1.54, 1.807) is 0 Å². The molecule has 8 heavy (non-hydrogen) atoms. The third-order valence-electron chi connectivity index (χ3n) is 0.116. The summed E-state index contributed by atoms with van der Waals surface area (Å²) in [5, 5.41) is 19.4. The maximum atomic E-state index is 7.88. The summed E-state index contributed by atoms with van der Waals surface area (Å²) >= 11 is 0.780. The number of nitriles is 2. The molecule has 0 atom stereocenters. The predicted octanol–water partition coefficient (Wildman–Crippen LogP) is -1.67. The Morgan fingerprint density at radius 2 is 1.50 bits per heavy atom. The van der Waals surface area contributed by atoms with Gasteiger partial charge in [0, 0.05) is 0 Å². The molecule has 0 aromatic carbocycles. The van der Waals surface area contributed by atoms with Gasteiger partial charge in [-0.2, -0.15) is 0 Å². The molecular formula is C2ClCoN2S2. The molecule has 0 spiro atoms. The fourth-order valence-corrected chi connectivity index (χ4v) is 1.44. The molecule has 0 N–H and O–H groups in total. The maximum Gasteiger partial charge on any atom is -1.00 e. The number of halogens is 1. The molecule has 0 bridgehead atoms. The van der Waals surface area contributed by atoms with Crippen LogP contribution >= 0.6 is 20.5 Å². The number of rotatable bonds is 2. The van der Waals surface area contributed by atoms with Gasteiger partial charge in [-0.1, -0.05) is 0 Å². The average Bonchev–Trinajstić information content (AvgIpc) is 1.69. The SMILES string of the molecule is N#C[S][Co+][S]C#N.[Cl-]. The van der Waals surface area contributed by atoms with Crippen molar-refractivity contribution in [3.63, 3.8) is 0 Å². The Morgan fingerprint density at radius 1 is 1.12 bits per heavy atom. The van der Waals surface area contributed by atoms with Crippen LogP contribution in [0.4, 0.5) is 0 Å². The van der Waals surface area contributed by atoms with Crippen molar-refractivity contribution < 1.29 is 24.9 Å². The van der Waals surface area contributed by atoms with Crippen molar-refractivity contribution in [3.8, 4) is 10.8 Å². The van der Waals surface area contributed by atoms with Gasteiger partial charge in [0.2, 0.25) is 0 Å². The molecule has 0 saturated carbocycles. The van der Waals surface area contributed by atoms with Gasteiger partial charge in [-0.25, -0.2) is 0 Å². The fraction of sp³-hybridized carbons (Fsp3) is 0.